The van der Waals surface area contributed by atoms with Crippen LogP contribution in [0.5, 0.6) is 0 Å². The third-order valence-corrected chi connectivity index (χ3v) is 3.31. The lowest BCUT2D eigenvalue weighted by atomic mass is 10.1. The Hall–Kier alpha value is -1.13. The molecule has 2 atom stereocenters. The first-order valence-electron chi connectivity index (χ1n) is 4.84. The molecule has 0 aromatic heterocycles. The summed E-state index contributed by atoms with van der Waals surface area (Å²) in [5, 5.41) is 8.65. The number of rotatable bonds is 5. The van der Waals surface area contributed by atoms with Gasteiger partial charge < -0.3 is 5.11 Å². The van der Waals surface area contributed by atoms with Crippen LogP contribution in [0, 0.1) is 5.92 Å². The summed E-state index contributed by atoms with van der Waals surface area (Å²) >= 11 is 0. The zero-order valence-corrected chi connectivity index (χ0v) is 9.75. The van der Waals surface area contributed by atoms with Crippen LogP contribution in [0.25, 0.3) is 0 Å². The lowest BCUT2D eigenvalue weighted by Gasteiger charge is -2.14. The highest BCUT2D eigenvalue weighted by Gasteiger charge is 2.31. The van der Waals surface area contributed by atoms with E-state index in [1.54, 1.807) is 0 Å². The van der Waals surface area contributed by atoms with E-state index >= 15 is 0 Å². The molecule has 1 aliphatic rings. The second-order valence-corrected chi connectivity index (χ2v) is 5.26. The highest BCUT2D eigenvalue weighted by molar-refractivity contribution is 7.87. The summed E-state index contributed by atoms with van der Waals surface area (Å²) < 4.78 is 61.1. The molecule has 0 bridgehead atoms. The van der Waals surface area contributed by atoms with Crippen LogP contribution in [0.4, 0.5) is 13.2 Å². The van der Waals surface area contributed by atoms with Crippen molar-refractivity contribution in [2.45, 2.75) is 18.6 Å². The number of aliphatic carboxylic acids is 1. The summed E-state index contributed by atoms with van der Waals surface area (Å²) in [6.07, 6.45) is -2.09. The lowest BCUT2D eigenvalue weighted by Crippen LogP contribution is -2.45. The number of hydrogen-bond donors (Lipinski definition) is 3. The normalized spacial score (nSPS) is 24.4. The van der Waals surface area contributed by atoms with Crippen molar-refractivity contribution in [3.05, 3.63) is 12.2 Å². The van der Waals surface area contributed by atoms with Gasteiger partial charge in [0.05, 0.1) is 5.92 Å². The zero-order chi connectivity index (χ0) is 14.0. The van der Waals surface area contributed by atoms with Crippen molar-refractivity contribution in [2.24, 2.45) is 5.92 Å². The van der Waals surface area contributed by atoms with Gasteiger partial charge in [0.15, 0.2) is 0 Å². The van der Waals surface area contributed by atoms with E-state index in [-0.39, 0.29) is 6.42 Å². The topological polar surface area (TPSA) is 95.5 Å². The minimum absolute atomic E-state index is 0.0255. The van der Waals surface area contributed by atoms with Crippen LogP contribution < -0.4 is 9.44 Å². The lowest BCUT2D eigenvalue weighted by molar-refractivity contribution is -0.140. The molecule has 3 N–H and O–H groups in total. The van der Waals surface area contributed by atoms with E-state index in [0.29, 0.717) is 0 Å². The zero-order valence-electron chi connectivity index (χ0n) is 8.94. The van der Waals surface area contributed by atoms with Gasteiger partial charge in [-0.05, 0) is 6.42 Å². The van der Waals surface area contributed by atoms with Gasteiger partial charge in [0.2, 0.25) is 0 Å². The van der Waals surface area contributed by atoms with Crippen LogP contribution in [-0.4, -0.2) is 38.3 Å². The Labute approximate surface area is 101 Å². The first-order chi connectivity index (χ1) is 8.09. The largest absolute Gasteiger partial charge is 0.481 e. The average molecular weight is 288 g/mol. The quantitative estimate of drug-likeness (QED) is 0.621. The van der Waals surface area contributed by atoms with Crippen LogP contribution in [-0.2, 0) is 15.0 Å². The Morgan fingerprint density at radius 1 is 1.39 bits per heavy atom. The molecule has 0 radical (unpaired) electrons. The fraction of sp³-hybridized carbons (Fsp3) is 0.625. The maximum Gasteiger partial charge on any atom is 0.402 e. The summed E-state index contributed by atoms with van der Waals surface area (Å²) in [4.78, 5) is 10.6. The van der Waals surface area contributed by atoms with Gasteiger partial charge >= 0.3 is 12.1 Å². The van der Waals surface area contributed by atoms with E-state index in [1.165, 1.54) is 16.9 Å². The molecule has 6 nitrogen and oxygen atoms in total. The van der Waals surface area contributed by atoms with Gasteiger partial charge in [-0.15, -0.1) is 0 Å². The highest BCUT2D eigenvalue weighted by atomic mass is 32.2. The summed E-state index contributed by atoms with van der Waals surface area (Å²) in [5.41, 5.74) is 0. The molecular weight excluding hydrogens is 277 g/mol. The summed E-state index contributed by atoms with van der Waals surface area (Å²) in [6, 6.07) is -0.822. The third-order valence-electron chi connectivity index (χ3n) is 2.17. The number of nitrogens with one attached hydrogen (secondary N) is 2. The summed E-state index contributed by atoms with van der Waals surface area (Å²) in [5.74, 6) is -1.95. The molecule has 104 valence electrons. The Kier molecular flexibility index (Phi) is 4.35. The van der Waals surface area contributed by atoms with E-state index in [1.807, 2.05) is 4.72 Å². The van der Waals surface area contributed by atoms with Crippen LogP contribution in [0.2, 0.25) is 0 Å². The number of carbonyl (C=O) groups is 1. The Bertz CT molecular complexity index is 446. The third kappa shape index (κ3) is 5.02. The van der Waals surface area contributed by atoms with E-state index in [9.17, 15) is 26.4 Å². The fourth-order valence-corrected chi connectivity index (χ4v) is 2.40. The molecule has 0 aromatic carbocycles. The number of carboxylic acids is 1. The van der Waals surface area contributed by atoms with Gasteiger partial charge in [0.25, 0.3) is 10.2 Å². The molecule has 0 saturated heterocycles. The van der Waals surface area contributed by atoms with Crippen molar-refractivity contribution in [1.29, 1.82) is 0 Å². The predicted octanol–water partition coefficient (Wildman–Crippen LogP) is 0.00200. The molecule has 0 saturated carbocycles. The van der Waals surface area contributed by atoms with Gasteiger partial charge in [-0.3, -0.25) is 4.79 Å². The van der Waals surface area contributed by atoms with Crippen LogP contribution in [0.15, 0.2) is 12.2 Å². The molecule has 0 aliphatic heterocycles. The van der Waals surface area contributed by atoms with Crippen molar-refractivity contribution in [2.75, 3.05) is 6.54 Å². The second-order valence-electron chi connectivity index (χ2n) is 3.73. The smallest absolute Gasteiger partial charge is 0.402 e. The Morgan fingerprint density at radius 3 is 2.44 bits per heavy atom. The number of carboxylic acid groups (broad SMARTS) is 1. The van der Waals surface area contributed by atoms with E-state index in [0.717, 1.165) is 0 Å². The molecule has 2 unspecified atom stereocenters. The Morgan fingerprint density at radius 2 is 2.00 bits per heavy atom. The van der Waals surface area contributed by atoms with Gasteiger partial charge in [0, 0.05) is 6.04 Å². The van der Waals surface area contributed by atoms with Gasteiger partial charge in [-0.1, -0.05) is 12.2 Å². The molecule has 0 amide bonds. The number of hydrogen-bond acceptors (Lipinski definition) is 3. The van der Waals surface area contributed by atoms with Crippen LogP contribution >= 0.6 is 0 Å². The SMILES string of the molecule is O=C(O)C1C=CC(NS(=O)(=O)NCC(F)(F)F)C1. The van der Waals surface area contributed by atoms with Crippen molar-refractivity contribution < 1.29 is 31.5 Å². The molecule has 1 rings (SSSR count). The second kappa shape index (κ2) is 5.24. The fourth-order valence-electron chi connectivity index (χ4n) is 1.39. The van der Waals surface area contributed by atoms with E-state index in [4.69, 9.17) is 5.11 Å². The predicted molar refractivity (Wildman–Crippen MR) is 54.8 cm³/mol. The highest BCUT2D eigenvalue weighted by Crippen LogP contribution is 2.18. The maximum atomic E-state index is 11.8. The van der Waals surface area contributed by atoms with Crippen LogP contribution in [0.1, 0.15) is 6.42 Å². The maximum absolute atomic E-state index is 11.8. The van der Waals surface area contributed by atoms with Crippen molar-refractivity contribution in [3.63, 3.8) is 0 Å². The average Bonchev–Trinajstić information content (AvgIpc) is 2.62. The molecule has 0 aromatic rings. The van der Waals surface area contributed by atoms with Gasteiger partial charge in [0.1, 0.15) is 6.54 Å². The standard InChI is InChI=1S/C8H11F3N2O4S/c9-8(10,11)4-12-18(16,17)13-6-2-1-5(3-6)7(14)15/h1-2,5-6,12-13H,3-4H2,(H,14,15). The molecule has 1 aliphatic carbocycles. The molecule has 0 fully saturated rings. The minimum Gasteiger partial charge on any atom is -0.481 e. The first-order valence-corrected chi connectivity index (χ1v) is 6.32. The molecule has 18 heavy (non-hydrogen) atoms. The molecular formula is C8H11F3N2O4S. The van der Waals surface area contributed by atoms with Crippen molar-refractivity contribution in [1.82, 2.24) is 9.44 Å². The monoisotopic (exact) mass is 288 g/mol. The van der Waals surface area contributed by atoms with Crippen LogP contribution in [0.3, 0.4) is 0 Å². The summed E-state index contributed by atoms with van der Waals surface area (Å²) in [6.45, 7) is -1.68. The van der Waals surface area contributed by atoms with Crippen molar-refractivity contribution in [3.8, 4) is 0 Å². The Balaban J connectivity index is 2.48. The molecule has 10 heteroatoms. The van der Waals surface area contributed by atoms with E-state index < -0.39 is 40.9 Å². The first kappa shape index (κ1) is 14.9. The van der Waals surface area contributed by atoms with E-state index in [2.05, 4.69) is 0 Å². The van der Waals surface area contributed by atoms with Crippen molar-refractivity contribution >= 4 is 16.2 Å². The number of halogens is 3. The van der Waals surface area contributed by atoms with Gasteiger partial charge in [-0.2, -0.15) is 31.0 Å². The summed E-state index contributed by atoms with van der Waals surface area (Å²) in [7, 11) is -4.31. The minimum atomic E-state index is -4.65. The van der Waals surface area contributed by atoms with Gasteiger partial charge in [-0.25, -0.2) is 0 Å². The molecule has 0 spiro atoms. The number of alkyl halides is 3. The molecule has 0 heterocycles.